The smallest absolute Gasteiger partial charge is 0.418 e. The van der Waals surface area contributed by atoms with Gasteiger partial charge in [-0.2, -0.15) is 0 Å². The van der Waals surface area contributed by atoms with Gasteiger partial charge in [0.2, 0.25) is 5.91 Å². The van der Waals surface area contributed by atoms with Crippen LogP contribution >= 0.6 is 0 Å². The summed E-state index contributed by atoms with van der Waals surface area (Å²) in [6, 6.07) is 0. The van der Waals surface area contributed by atoms with Crippen molar-refractivity contribution in [2.24, 2.45) is 5.41 Å². The molecule has 6 heteroatoms. The van der Waals surface area contributed by atoms with Gasteiger partial charge in [0.15, 0.2) is 0 Å². The lowest BCUT2D eigenvalue weighted by Crippen LogP contribution is -2.53. The minimum atomic E-state index is -1.57. The average molecular weight is 271 g/mol. The van der Waals surface area contributed by atoms with Crippen molar-refractivity contribution < 1.29 is 24.2 Å². The van der Waals surface area contributed by atoms with Gasteiger partial charge >= 0.3 is 12.1 Å². The average Bonchev–Trinajstić information content (AvgIpc) is 2.31. The van der Waals surface area contributed by atoms with Gasteiger partial charge in [0.1, 0.15) is 11.1 Å². The topological polar surface area (TPSA) is 83.9 Å². The number of hydrogen-bond acceptors (Lipinski definition) is 4. The van der Waals surface area contributed by atoms with Gasteiger partial charge in [-0.25, -0.2) is 14.5 Å². The normalized spacial score (nSPS) is 26.4. The Labute approximate surface area is 112 Å². The first-order valence-electron chi connectivity index (χ1n) is 6.12. The van der Waals surface area contributed by atoms with Crippen LogP contribution in [0.2, 0.25) is 0 Å². The van der Waals surface area contributed by atoms with Gasteiger partial charge < -0.3 is 9.84 Å². The molecule has 1 aliphatic heterocycles. The molecule has 0 aromatic heterocycles. The molecule has 1 unspecified atom stereocenters. The lowest BCUT2D eigenvalue weighted by molar-refractivity contribution is -0.152. The molecular formula is C13H21NO5. The molecule has 1 N–H and O–H groups in total. The highest BCUT2D eigenvalue weighted by Gasteiger charge is 2.60. The molecule has 1 aliphatic rings. The molecule has 1 heterocycles. The number of rotatable bonds is 1. The van der Waals surface area contributed by atoms with Crippen molar-refractivity contribution >= 4 is 18.0 Å². The van der Waals surface area contributed by atoms with Crippen LogP contribution in [0.5, 0.6) is 0 Å². The zero-order valence-electron chi connectivity index (χ0n) is 12.2. The maximum absolute atomic E-state index is 12.2. The maximum atomic E-state index is 12.2. The van der Waals surface area contributed by atoms with Gasteiger partial charge in [0, 0.05) is 5.41 Å². The van der Waals surface area contributed by atoms with Crippen molar-refractivity contribution in [3.05, 3.63) is 0 Å². The summed E-state index contributed by atoms with van der Waals surface area (Å²) in [5.74, 6) is -1.73. The van der Waals surface area contributed by atoms with Crippen molar-refractivity contribution in [1.29, 1.82) is 0 Å². The Bertz CT molecular complexity index is 435. The Hall–Kier alpha value is -1.59. The standard InChI is InChI=1S/C13H21NO5/c1-11(2,3)19-10(18)14-8(15)12(4,5)7-13(14,6)9(16)17/h7H2,1-6H3,(H,16,17). The molecule has 0 bridgehead atoms. The van der Waals surface area contributed by atoms with Gasteiger partial charge in [-0.15, -0.1) is 0 Å². The van der Waals surface area contributed by atoms with Crippen LogP contribution in [0.15, 0.2) is 0 Å². The Morgan fingerprint density at radius 2 is 1.74 bits per heavy atom. The molecule has 1 fully saturated rings. The summed E-state index contributed by atoms with van der Waals surface area (Å²) in [4.78, 5) is 36.5. The van der Waals surface area contributed by atoms with Crippen LogP contribution in [0.25, 0.3) is 0 Å². The molecule has 0 saturated carbocycles. The summed E-state index contributed by atoms with van der Waals surface area (Å²) in [6.45, 7) is 9.60. The Kier molecular flexibility index (Phi) is 3.43. The van der Waals surface area contributed by atoms with Crippen LogP contribution in [0.1, 0.15) is 48.0 Å². The molecule has 19 heavy (non-hydrogen) atoms. The van der Waals surface area contributed by atoms with Crippen LogP contribution in [0.3, 0.4) is 0 Å². The van der Waals surface area contributed by atoms with E-state index in [0.717, 1.165) is 4.90 Å². The van der Waals surface area contributed by atoms with Crippen LogP contribution in [0.4, 0.5) is 4.79 Å². The third-order valence-electron chi connectivity index (χ3n) is 3.10. The highest BCUT2D eigenvalue weighted by atomic mass is 16.6. The summed E-state index contributed by atoms with van der Waals surface area (Å²) >= 11 is 0. The van der Waals surface area contributed by atoms with Crippen LogP contribution in [-0.2, 0) is 14.3 Å². The molecule has 0 aliphatic carbocycles. The van der Waals surface area contributed by atoms with Crippen molar-refractivity contribution in [1.82, 2.24) is 4.90 Å². The molecule has 6 nitrogen and oxygen atoms in total. The number of aliphatic carboxylic acids is 1. The van der Waals surface area contributed by atoms with Crippen molar-refractivity contribution in [2.75, 3.05) is 0 Å². The lowest BCUT2D eigenvalue weighted by atomic mass is 9.84. The monoisotopic (exact) mass is 271 g/mol. The molecule has 1 saturated heterocycles. The van der Waals surface area contributed by atoms with Crippen molar-refractivity contribution in [2.45, 2.75) is 59.1 Å². The summed E-state index contributed by atoms with van der Waals surface area (Å²) in [7, 11) is 0. The Balaban J connectivity index is 3.18. The largest absolute Gasteiger partial charge is 0.479 e. The first kappa shape index (κ1) is 15.5. The van der Waals surface area contributed by atoms with Gasteiger partial charge in [-0.05, 0) is 34.1 Å². The molecule has 0 aromatic rings. The number of carboxylic acids is 1. The van der Waals surface area contributed by atoms with Crippen molar-refractivity contribution in [3.8, 4) is 0 Å². The van der Waals surface area contributed by atoms with Crippen LogP contribution < -0.4 is 0 Å². The summed E-state index contributed by atoms with van der Waals surface area (Å²) in [6.07, 6.45) is -0.846. The fourth-order valence-corrected chi connectivity index (χ4v) is 2.31. The molecule has 1 atom stereocenters. The predicted octanol–water partition coefficient (Wildman–Crippen LogP) is 2.02. The minimum absolute atomic E-state index is 0.0629. The second-order valence-corrected chi connectivity index (χ2v) is 6.76. The molecular weight excluding hydrogens is 250 g/mol. The molecule has 0 spiro atoms. The van der Waals surface area contributed by atoms with Gasteiger partial charge in [-0.3, -0.25) is 4.79 Å². The zero-order chi connectivity index (χ0) is 15.2. The van der Waals surface area contributed by atoms with Gasteiger partial charge in [-0.1, -0.05) is 13.8 Å². The molecule has 108 valence electrons. The van der Waals surface area contributed by atoms with E-state index in [1.165, 1.54) is 6.92 Å². The van der Waals surface area contributed by atoms with E-state index in [4.69, 9.17) is 4.74 Å². The number of carbonyl (C=O) groups is 3. The van der Waals surface area contributed by atoms with E-state index in [-0.39, 0.29) is 6.42 Å². The van der Waals surface area contributed by atoms with E-state index < -0.39 is 34.5 Å². The van der Waals surface area contributed by atoms with E-state index in [1.54, 1.807) is 34.6 Å². The summed E-state index contributed by atoms with van der Waals surface area (Å²) in [5.41, 5.74) is -3.25. The fourth-order valence-electron chi connectivity index (χ4n) is 2.31. The number of imide groups is 1. The number of carbonyl (C=O) groups excluding carboxylic acids is 2. The third kappa shape index (κ3) is 2.72. The molecule has 0 aromatic carbocycles. The van der Waals surface area contributed by atoms with E-state index in [0.29, 0.717) is 0 Å². The predicted molar refractivity (Wildman–Crippen MR) is 67.5 cm³/mol. The number of amides is 2. The first-order valence-corrected chi connectivity index (χ1v) is 6.12. The summed E-state index contributed by atoms with van der Waals surface area (Å²) < 4.78 is 5.13. The quantitative estimate of drug-likeness (QED) is 0.788. The highest BCUT2D eigenvalue weighted by Crippen LogP contribution is 2.43. The Morgan fingerprint density at radius 1 is 1.26 bits per heavy atom. The number of hydrogen-bond donors (Lipinski definition) is 1. The van der Waals surface area contributed by atoms with E-state index >= 15 is 0 Å². The number of ether oxygens (including phenoxy) is 1. The number of likely N-dealkylation sites (tertiary alicyclic amines) is 1. The molecule has 2 amide bonds. The third-order valence-corrected chi connectivity index (χ3v) is 3.10. The van der Waals surface area contributed by atoms with E-state index in [1.807, 2.05) is 0 Å². The highest BCUT2D eigenvalue weighted by molar-refractivity contribution is 6.03. The first-order chi connectivity index (χ1) is 8.31. The van der Waals surface area contributed by atoms with E-state index in [2.05, 4.69) is 0 Å². The SMILES string of the molecule is CC(C)(C)OC(=O)N1C(=O)C(C)(C)CC1(C)C(=O)O. The summed E-state index contributed by atoms with van der Waals surface area (Å²) in [5, 5.41) is 9.34. The minimum Gasteiger partial charge on any atom is -0.479 e. The lowest BCUT2D eigenvalue weighted by Gasteiger charge is -2.31. The Morgan fingerprint density at radius 3 is 2.11 bits per heavy atom. The number of nitrogens with zero attached hydrogens (tertiary/aromatic N) is 1. The van der Waals surface area contributed by atoms with E-state index in [9.17, 15) is 19.5 Å². The second-order valence-electron chi connectivity index (χ2n) is 6.76. The zero-order valence-corrected chi connectivity index (χ0v) is 12.2. The van der Waals surface area contributed by atoms with Crippen LogP contribution in [-0.4, -0.2) is 39.1 Å². The van der Waals surface area contributed by atoms with Crippen LogP contribution in [0, 0.1) is 5.41 Å². The fraction of sp³-hybridized carbons (Fsp3) is 0.769. The second kappa shape index (κ2) is 4.21. The number of carboxylic acid groups (broad SMARTS) is 1. The molecule has 1 rings (SSSR count). The van der Waals surface area contributed by atoms with Gasteiger partial charge in [0.25, 0.3) is 0 Å². The van der Waals surface area contributed by atoms with Gasteiger partial charge in [0.05, 0.1) is 0 Å². The molecule has 0 radical (unpaired) electrons. The van der Waals surface area contributed by atoms with Crippen molar-refractivity contribution in [3.63, 3.8) is 0 Å². The maximum Gasteiger partial charge on any atom is 0.418 e.